The van der Waals surface area contributed by atoms with Crippen molar-refractivity contribution in [1.29, 1.82) is 0 Å². The third-order valence-electron chi connectivity index (χ3n) is 2.81. The van der Waals surface area contributed by atoms with Crippen LogP contribution in [0.2, 0.25) is 0 Å². The minimum Gasteiger partial charge on any atom is -0.481 e. The molecular weight excluding hydrogens is 278 g/mol. The SMILES string of the molecule is COCC(=O)N(CC(C)C(=O)O)c1cccc(SC)c1. The zero-order valence-electron chi connectivity index (χ0n) is 11.8. The van der Waals surface area contributed by atoms with Crippen LogP contribution in [0.3, 0.4) is 0 Å². The van der Waals surface area contributed by atoms with E-state index >= 15 is 0 Å². The Labute approximate surface area is 122 Å². The summed E-state index contributed by atoms with van der Waals surface area (Å²) in [5.41, 5.74) is 0.687. The Hall–Kier alpha value is -1.53. The fourth-order valence-corrected chi connectivity index (χ4v) is 2.14. The predicted molar refractivity (Wildman–Crippen MR) is 79.3 cm³/mol. The minimum absolute atomic E-state index is 0.0736. The highest BCUT2D eigenvalue weighted by Crippen LogP contribution is 2.23. The van der Waals surface area contributed by atoms with Crippen LogP contribution in [0.25, 0.3) is 0 Å². The first-order chi connectivity index (χ1) is 9.49. The highest BCUT2D eigenvalue weighted by atomic mass is 32.2. The lowest BCUT2D eigenvalue weighted by Crippen LogP contribution is -2.39. The Morgan fingerprint density at radius 1 is 1.45 bits per heavy atom. The molecular formula is C14H19NO4S. The Morgan fingerprint density at radius 3 is 2.70 bits per heavy atom. The molecule has 1 aromatic carbocycles. The lowest BCUT2D eigenvalue weighted by molar-refractivity contribution is -0.140. The van der Waals surface area contributed by atoms with E-state index in [0.29, 0.717) is 5.69 Å². The number of carboxylic acids is 1. The van der Waals surface area contributed by atoms with Crippen LogP contribution in [0.5, 0.6) is 0 Å². The second-order valence-corrected chi connectivity index (χ2v) is 5.26. The van der Waals surface area contributed by atoms with Crippen LogP contribution in [0, 0.1) is 5.92 Å². The molecule has 110 valence electrons. The fourth-order valence-electron chi connectivity index (χ4n) is 1.68. The van der Waals surface area contributed by atoms with E-state index in [0.717, 1.165) is 4.90 Å². The van der Waals surface area contributed by atoms with Gasteiger partial charge in [-0.25, -0.2) is 0 Å². The van der Waals surface area contributed by atoms with Crippen molar-refractivity contribution in [1.82, 2.24) is 0 Å². The Kier molecular flexibility index (Phi) is 6.54. The van der Waals surface area contributed by atoms with Gasteiger partial charge in [0.25, 0.3) is 5.91 Å². The van der Waals surface area contributed by atoms with Gasteiger partial charge in [-0.3, -0.25) is 9.59 Å². The number of amides is 1. The van der Waals surface area contributed by atoms with Gasteiger partial charge in [0.1, 0.15) is 6.61 Å². The molecule has 0 aliphatic rings. The monoisotopic (exact) mass is 297 g/mol. The summed E-state index contributed by atoms with van der Waals surface area (Å²) >= 11 is 1.57. The zero-order valence-corrected chi connectivity index (χ0v) is 12.6. The molecule has 0 aromatic heterocycles. The van der Waals surface area contributed by atoms with Gasteiger partial charge >= 0.3 is 5.97 Å². The molecule has 20 heavy (non-hydrogen) atoms. The average Bonchev–Trinajstić information content (AvgIpc) is 2.44. The Balaban J connectivity index is 3.02. The van der Waals surface area contributed by atoms with E-state index in [4.69, 9.17) is 9.84 Å². The number of hydrogen-bond acceptors (Lipinski definition) is 4. The van der Waals surface area contributed by atoms with Crippen molar-refractivity contribution >= 4 is 29.3 Å². The zero-order chi connectivity index (χ0) is 15.1. The number of anilines is 1. The normalized spacial score (nSPS) is 11.9. The number of rotatable bonds is 7. The Bertz CT molecular complexity index is 478. The van der Waals surface area contributed by atoms with E-state index in [9.17, 15) is 9.59 Å². The van der Waals surface area contributed by atoms with Gasteiger partial charge in [0.2, 0.25) is 0 Å². The molecule has 6 heteroatoms. The first-order valence-corrected chi connectivity index (χ1v) is 7.38. The lowest BCUT2D eigenvalue weighted by Gasteiger charge is -2.24. The quantitative estimate of drug-likeness (QED) is 0.781. The second-order valence-electron chi connectivity index (χ2n) is 4.38. The molecule has 0 spiro atoms. The molecule has 1 aromatic rings. The van der Waals surface area contributed by atoms with Crippen molar-refractivity contribution in [3.8, 4) is 0 Å². The van der Waals surface area contributed by atoms with Crippen LogP contribution in [0.15, 0.2) is 29.2 Å². The summed E-state index contributed by atoms with van der Waals surface area (Å²) in [6.07, 6.45) is 1.94. The summed E-state index contributed by atoms with van der Waals surface area (Å²) < 4.78 is 4.86. The van der Waals surface area contributed by atoms with Crippen molar-refractivity contribution in [3.63, 3.8) is 0 Å². The van der Waals surface area contributed by atoms with Gasteiger partial charge in [-0.2, -0.15) is 0 Å². The van der Waals surface area contributed by atoms with Gasteiger partial charge < -0.3 is 14.7 Å². The first kappa shape index (κ1) is 16.5. The smallest absolute Gasteiger partial charge is 0.308 e. The van der Waals surface area contributed by atoms with E-state index < -0.39 is 11.9 Å². The average molecular weight is 297 g/mol. The number of ether oxygens (including phenoxy) is 1. The molecule has 0 radical (unpaired) electrons. The molecule has 5 nitrogen and oxygen atoms in total. The Morgan fingerprint density at radius 2 is 2.15 bits per heavy atom. The van der Waals surface area contributed by atoms with Crippen molar-refractivity contribution < 1.29 is 19.4 Å². The van der Waals surface area contributed by atoms with Crippen molar-refractivity contribution in [2.24, 2.45) is 5.92 Å². The van der Waals surface area contributed by atoms with E-state index in [2.05, 4.69) is 0 Å². The van der Waals surface area contributed by atoms with Crippen LogP contribution in [-0.4, -0.2) is 43.5 Å². The maximum Gasteiger partial charge on any atom is 0.308 e. The fraction of sp³-hybridized carbons (Fsp3) is 0.429. The maximum atomic E-state index is 12.1. The highest BCUT2D eigenvalue weighted by molar-refractivity contribution is 7.98. The molecule has 0 fully saturated rings. The number of hydrogen-bond donors (Lipinski definition) is 1. The standard InChI is InChI=1S/C14H19NO4S/c1-10(14(17)18)8-15(13(16)9-19-2)11-5-4-6-12(7-11)20-3/h4-7,10H,8-9H2,1-3H3,(H,17,18). The third-order valence-corrected chi connectivity index (χ3v) is 3.54. The highest BCUT2D eigenvalue weighted by Gasteiger charge is 2.22. The van der Waals surface area contributed by atoms with Crippen LogP contribution in [0.1, 0.15) is 6.92 Å². The van der Waals surface area contributed by atoms with Gasteiger partial charge in [-0.1, -0.05) is 13.0 Å². The number of aliphatic carboxylic acids is 1. The molecule has 0 aliphatic heterocycles. The summed E-state index contributed by atoms with van der Waals surface area (Å²) in [7, 11) is 1.44. The van der Waals surface area contributed by atoms with E-state index in [1.54, 1.807) is 24.8 Å². The molecule has 1 rings (SSSR count). The van der Waals surface area contributed by atoms with E-state index in [1.807, 2.05) is 24.5 Å². The lowest BCUT2D eigenvalue weighted by atomic mass is 10.1. The summed E-state index contributed by atoms with van der Waals surface area (Å²) in [4.78, 5) is 25.6. The molecule has 1 N–H and O–H groups in total. The number of benzene rings is 1. The first-order valence-electron chi connectivity index (χ1n) is 6.15. The van der Waals surface area contributed by atoms with Gasteiger partial charge in [0.15, 0.2) is 0 Å². The third kappa shape index (κ3) is 4.54. The van der Waals surface area contributed by atoms with Crippen LogP contribution >= 0.6 is 11.8 Å². The molecule has 0 heterocycles. The molecule has 0 saturated heterocycles. The molecule has 0 aliphatic carbocycles. The van der Waals surface area contributed by atoms with Crippen molar-refractivity contribution in [2.45, 2.75) is 11.8 Å². The predicted octanol–water partition coefficient (Wildman–Crippen LogP) is 2.11. The second kappa shape index (κ2) is 7.91. The molecule has 1 amide bonds. The van der Waals surface area contributed by atoms with Crippen molar-refractivity contribution in [3.05, 3.63) is 24.3 Å². The summed E-state index contributed by atoms with van der Waals surface area (Å²) in [5.74, 6) is -1.83. The molecule has 0 bridgehead atoms. The number of thioether (sulfide) groups is 1. The number of methoxy groups -OCH3 is 1. The molecule has 0 saturated carbocycles. The van der Waals surface area contributed by atoms with Gasteiger partial charge in [0.05, 0.1) is 5.92 Å². The maximum absolute atomic E-state index is 12.1. The number of carbonyl (C=O) groups is 2. The van der Waals surface area contributed by atoms with E-state index in [-0.39, 0.29) is 19.1 Å². The van der Waals surface area contributed by atoms with Crippen LogP contribution in [0.4, 0.5) is 5.69 Å². The minimum atomic E-state index is -0.929. The summed E-state index contributed by atoms with van der Waals surface area (Å²) in [6, 6.07) is 7.45. The number of carbonyl (C=O) groups excluding carboxylic acids is 1. The molecule has 1 unspecified atom stereocenters. The number of carboxylic acid groups (broad SMARTS) is 1. The molecule has 1 atom stereocenters. The summed E-state index contributed by atoms with van der Waals surface area (Å²) in [6.45, 7) is 1.62. The summed E-state index contributed by atoms with van der Waals surface area (Å²) in [5, 5.41) is 9.02. The van der Waals surface area contributed by atoms with E-state index in [1.165, 1.54) is 12.0 Å². The van der Waals surface area contributed by atoms with Crippen LogP contribution < -0.4 is 4.90 Å². The van der Waals surface area contributed by atoms with Crippen LogP contribution in [-0.2, 0) is 14.3 Å². The van der Waals surface area contributed by atoms with Gasteiger partial charge in [0, 0.05) is 24.2 Å². The van der Waals surface area contributed by atoms with Gasteiger partial charge in [-0.15, -0.1) is 11.8 Å². The van der Waals surface area contributed by atoms with Gasteiger partial charge in [-0.05, 0) is 24.5 Å². The number of nitrogens with zero attached hydrogens (tertiary/aromatic N) is 1. The van der Waals surface area contributed by atoms with Crippen molar-refractivity contribution in [2.75, 3.05) is 31.4 Å². The largest absolute Gasteiger partial charge is 0.481 e. The topological polar surface area (TPSA) is 66.8 Å².